The quantitative estimate of drug-likeness (QED) is 0.238. The summed E-state index contributed by atoms with van der Waals surface area (Å²) < 4.78 is 0. The Kier molecular flexibility index (Phi) is 11.3. The van der Waals surface area contributed by atoms with Crippen molar-refractivity contribution in [3.05, 3.63) is 111 Å². The van der Waals surface area contributed by atoms with Crippen LogP contribution >= 0.6 is 7.92 Å². The second-order valence-corrected chi connectivity index (χ2v) is 19.4. The molecule has 0 amide bonds. The molecule has 3 aromatic carbocycles. The van der Waals surface area contributed by atoms with Crippen LogP contribution in [0, 0.1) is 41.5 Å². The fourth-order valence-corrected chi connectivity index (χ4v) is 15.3. The zero-order valence-corrected chi connectivity index (χ0v) is 33.1. The molecule has 1 saturated heterocycles. The Bertz CT molecular complexity index is 1570. The number of aryl methyl sites for hydroxylation is 6. The molecule has 0 N–H and O–H groups in total. The molecule has 3 aromatic rings. The summed E-state index contributed by atoms with van der Waals surface area (Å²) >= 11 is 0. The highest BCUT2D eigenvalue weighted by Crippen LogP contribution is 2.64. The minimum absolute atomic E-state index is 0.149. The Labute approximate surface area is 306 Å². The average Bonchev–Trinajstić information content (AvgIpc) is 3.10. The fourth-order valence-electron chi connectivity index (χ4n) is 10.7. The van der Waals surface area contributed by atoms with E-state index in [0.29, 0.717) is 5.66 Å². The number of anilines is 2. The number of hydrogen-bond donors (Lipinski definition) is 0. The Morgan fingerprint density at radius 2 is 1.04 bits per heavy atom. The summed E-state index contributed by atoms with van der Waals surface area (Å²) in [5, 5.41) is 0. The molecular weight excluding hydrogens is 624 g/mol. The van der Waals surface area contributed by atoms with E-state index >= 15 is 0 Å². The lowest BCUT2D eigenvalue weighted by molar-refractivity contribution is 0.478. The molecule has 3 heteroatoms. The number of rotatable bonds is 6. The van der Waals surface area contributed by atoms with Gasteiger partial charge in [-0.2, -0.15) is 0 Å². The van der Waals surface area contributed by atoms with Crippen LogP contribution in [0.5, 0.6) is 0 Å². The summed E-state index contributed by atoms with van der Waals surface area (Å²) in [5.41, 5.74) is 18.6. The van der Waals surface area contributed by atoms with Crippen molar-refractivity contribution in [1.82, 2.24) is 0 Å². The van der Waals surface area contributed by atoms with Crippen LogP contribution in [0.25, 0.3) is 6.08 Å². The van der Waals surface area contributed by atoms with E-state index in [1.807, 2.05) is 0 Å². The van der Waals surface area contributed by atoms with Crippen molar-refractivity contribution in [1.29, 1.82) is 0 Å². The molecule has 7 rings (SSSR count). The van der Waals surface area contributed by atoms with E-state index in [-0.39, 0.29) is 7.92 Å². The smallest absolute Gasteiger partial charge is 0.117 e. The Hall–Kier alpha value is -2.83. The zero-order chi connectivity index (χ0) is 34.8. The van der Waals surface area contributed by atoms with Crippen molar-refractivity contribution in [2.24, 2.45) is 0 Å². The largest absolute Gasteiger partial charge is 0.327 e. The molecule has 4 aliphatic rings. The van der Waals surface area contributed by atoms with Crippen molar-refractivity contribution >= 4 is 25.4 Å². The highest BCUT2D eigenvalue weighted by Gasteiger charge is 2.43. The van der Waals surface area contributed by atoms with Crippen LogP contribution < -0.4 is 9.80 Å². The Morgan fingerprint density at radius 1 is 0.560 bits per heavy atom. The molecule has 3 saturated carbocycles. The molecule has 0 spiro atoms. The van der Waals surface area contributed by atoms with Gasteiger partial charge in [-0.25, -0.2) is 0 Å². The Balaban J connectivity index is 1.53. The van der Waals surface area contributed by atoms with Gasteiger partial charge in [-0.3, -0.25) is 0 Å². The molecule has 0 bridgehead atoms. The molecule has 2 nitrogen and oxygen atoms in total. The third-order valence-corrected chi connectivity index (χ3v) is 16.4. The summed E-state index contributed by atoms with van der Waals surface area (Å²) in [4.78, 5) is 5.68. The van der Waals surface area contributed by atoms with Gasteiger partial charge < -0.3 is 9.80 Å². The minimum Gasteiger partial charge on any atom is -0.327 e. The summed E-state index contributed by atoms with van der Waals surface area (Å²) in [7, 11) is -0.149. The van der Waals surface area contributed by atoms with Crippen molar-refractivity contribution < 1.29 is 0 Å². The molecule has 1 unspecified atom stereocenters. The van der Waals surface area contributed by atoms with E-state index in [9.17, 15) is 0 Å². The van der Waals surface area contributed by atoms with E-state index < -0.39 is 0 Å². The lowest BCUT2D eigenvalue weighted by atomic mass is 9.86. The highest BCUT2D eigenvalue weighted by molar-refractivity contribution is 7.60. The monoisotopic (exact) mass is 686 g/mol. The second-order valence-electron chi connectivity index (χ2n) is 16.4. The molecule has 1 atom stereocenters. The second kappa shape index (κ2) is 15.8. The molecule has 266 valence electrons. The number of allylic oxidation sites excluding steroid dienone is 2. The maximum atomic E-state index is 2.84. The first-order valence-corrected chi connectivity index (χ1v) is 21.8. The lowest BCUT2D eigenvalue weighted by Crippen LogP contribution is -2.47. The maximum absolute atomic E-state index is 2.84. The van der Waals surface area contributed by atoms with Crippen LogP contribution in [0.1, 0.15) is 129 Å². The first kappa shape index (κ1) is 35.6. The lowest BCUT2D eigenvalue weighted by Gasteiger charge is -2.50. The SMILES string of the molecule is Cc1cc(C)c(N2CCCN(c3c(C)cc(C)cc3C)C2=C2C(=Cc3ccccc3)CCCC2P(C2CCCCC2)C2CCCCC2)c(C)c1. The molecule has 4 fully saturated rings. The van der Waals surface area contributed by atoms with Crippen LogP contribution in [0.2, 0.25) is 0 Å². The minimum atomic E-state index is -0.149. The van der Waals surface area contributed by atoms with Crippen molar-refractivity contribution in [2.75, 3.05) is 22.9 Å². The van der Waals surface area contributed by atoms with Crippen LogP contribution in [0.15, 0.2) is 71.6 Å². The summed E-state index contributed by atoms with van der Waals surface area (Å²) in [6, 6.07) is 21.0. The molecule has 1 heterocycles. The molecule has 1 aliphatic heterocycles. The van der Waals surface area contributed by atoms with Crippen molar-refractivity contribution in [3.63, 3.8) is 0 Å². The predicted molar refractivity (Wildman–Crippen MR) is 220 cm³/mol. The first-order chi connectivity index (χ1) is 24.3. The van der Waals surface area contributed by atoms with Crippen LogP contribution in [-0.4, -0.2) is 30.1 Å². The Morgan fingerprint density at radius 3 is 1.52 bits per heavy atom. The van der Waals surface area contributed by atoms with Gasteiger partial charge in [0.2, 0.25) is 0 Å². The summed E-state index contributed by atoms with van der Waals surface area (Å²) in [6.07, 6.45) is 22.2. The number of hydrogen-bond acceptors (Lipinski definition) is 2. The van der Waals surface area contributed by atoms with Gasteiger partial charge in [0.25, 0.3) is 0 Å². The topological polar surface area (TPSA) is 6.48 Å². The normalized spacial score (nSPS) is 22.2. The average molecular weight is 687 g/mol. The molecule has 50 heavy (non-hydrogen) atoms. The molecule has 3 aliphatic carbocycles. The standard InChI is InChI=1S/C47H63N2P/c1-33-28-35(3)45(36(4)29-33)48-26-17-27-49(46-37(5)30-34(2)31-38(46)6)47(48)44-40(32-39-18-10-7-11-19-39)20-16-25-43(44)50(41-21-12-8-13-22-41)42-23-14-9-15-24-42/h7,10-11,18-19,28-32,41-43H,8-9,12-17,20-27H2,1-6H3. The highest BCUT2D eigenvalue weighted by atomic mass is 31.1. The van der Waals surface area contributed by atoms with Gasteiger partial charge in [-0.1, -0.05) is 118 Å². The van der Waals surface area contributed by atoms with Gasteiger partial charge in [-0.15, -0.1) is 0 Å². The number of benzene rings is 3. The summed E-state index contributed by atoms with van der Waals surface area (Å²) in [6.45, 7) is 16.2. The van der Waals surface area contributed by atoms with Crippen molar-refractivity contribution in [2.45, 2.75) is 148 Å². The third-order valence-electron chi connectivity index (χ3n) is 12.4. The molecular formula is C47H63N2P. The van der Waals surface area contributed by atoms with E-state index in [2.05, 4.69) is 112 Å². The van der Waals surface area contributed by atoms with Gasteiger partial charge in [0, 0.05) is 35.7 Å². The van der Waals surface area contributed by atoms with Gasteiger partial charge in [-0.05, 0) is 138 Å². The van der Waals surface area contributed by atoms with Gasteiger partial charge >= 0.3 is 0 Å². The van der Waals surface area contributed by atoms with Crippen LogP contribution in [0.3, 0.4) is 0 Å². The number of nitrogens with zero attached hydrogens (tertiary/aromatic N) is 2. The molecule has 0 radical (unpaired) electrons. The van der Waals surface area contributed by atoms with E-state index in [0.717, 1.165) is 24.4 Å². The van der Waals surface area contributed by atoms with Gasteiger partial charge in [0.1, 0.15) is 5.82 Å². The predicted octanol–water partition coefficient (Wildman–Crippen LogP) is 13.2. The van der Waals surface area contributed by atoms with E-state index in [4.69, 9.17) is 0 Å². The van der Waals surface area contributed by atoms with E-state index in [1.54, 1.807) is 11.1 Å². The zero-order valence-electron chi connectivity index (χ0n) is 32.2. The summed E-state index contributed by atoms with van der Waals surface area (Å²) in [5.74, 6) is 1.53. The van der Waals surface area contributed by atoms with Crippen LogP contribution in [-0.2, 0) is 0 Å². The molecule has 0 aromatic heterocycles. The van der Waals surface area contributed by atoms with Gasteiger partial charge in [0.15, 0.2) is 0 Å². The van der Waals surface area contributed by atoms with E-state index in [1.165, 1.54) is 146 Å². The maximum Gasteiger partial charge on any atom is 0.117 e. The third kappa shape index (κ3) is 7.39. The van der Waals surface area contributed by atoms with Gasteiger partial charge in [0.05, 0.1) is 0 Å². The van der Waals surface area contributed by atoms with Crippen LogP contribution in [0.4, 0.5) is 11.4 Å². The fraction of sp³-hybridized carbons (Fsp3) is 0.532. The van der Waals surface area contributed by atoms with Crippen molar-refractivity contribution in [3.8, 4) is 0 Å². The first-order valence-electron chi connectivity index (χ1n) is 20.3.